The van der Waals surface area contributed by atoms with Gasteiger partial charge in [0.1, 0.15) is 11.9 Å². The number of carbonyl (C=O) groups is 1. The molecule has 0 saturated carbocycles. The smallest absolute Gasteiger partial charge is 0.255 e. The number of aryl methyl sites for hydroxylation is 3. The first-order valence-corrected chi connectivity index (χ1v) is 8.03. The van der Waals surface area contributed by atoms with Crippen molar-refractivity contribution >= 4 is 5.91 Å². The summed E-state index contributed by atoms with van der Waals surface area (Å²) in [5.41, 5.74) is 1.10. The molecule has 2 aromatic rings. The first-order valence-electron chi connectivity index (χ1n) is 8.03. The highest BCUT2D eigenvalue weighted by atomic mass is 16.5. The molecule has 1 atom stereocenters. The quantitative estimate of drug-likeness (QED) is 0.909. The first kappa shape index (κ1) is 16.5. The molecule has 3 heterocycles. The van der Waals surface area contributed by atoms with Crippen LogP contribution in [0.2, 0.25) is 0 Å². The fourth-order valence-electron chi connectivity index (χ4n) is 2.89. The Balaban J connectivity index is 1.84. The van der Waals surface area contributed by atoms with Gasteiger partial charge in [-0.15, -0.1) is 0 Å². The van der Waals surface area contributed by atoms with Crippen molar-refractivity contribution < 1.29 is 14.1 Å². The van der Waals surface area contributed by atoms with Crippen molar-refractivity contribution in [1.82, 2.24) is 25.4 Å². The molecule has 8 heteroatoms. The Morgan fingerprint density at radius 1 is 1.21 bits per heavy atom. The van der Waals surface area contributed by atoms with Crippen molar-refractivity contribution in [2.45, 2.75) is 39.7 Å². The standard InChI is InChI=1S/C16H21N5O3/c1-9-13(8-17-10(2)18-9)15(22)20-14(12-4-6-23-7-5-12)16-19-11(3)21-24-16/h8,12,14H,4-7H2,1-3H3,(H,20,22). The van der Waals surface area contributed by atoms with Gasteiger partial charge in [0.2, 0.25) is 5.89 Å². The lowest BCUT2D eigenvalue weighted by atomic mass is 9.91. The Morgan fingerprint density at radius 3 is 2.58 bits per heavy atom. The van der Waals surface area contributed by atoms with Crippen LogP contribution >= 0.6 is 0 Å². The highest BCUT2D eigenvalue weighted by molar-refractivity contribution is 5.95. The third-order valence-electron chi connectivity index (χ3n) is 4.18. The lowest BCUT2D eigenvalue weighted by molar-refractivity contribution is 0.0467. The van der Waals surface area contributed by atoms with Gasteiger partial charge in [-0.1, -0.05) is 5.16 Å². The van der Waals surface area contributed by atoms with E-state index in [9.17, 15) is 4.79 Å². The molecule has 0 bridgehead atoms. The van der Waals surface area contributed by atoms with Gasteiger partial charge in [-0.2, -0.15) is 4.98 Å². The van der Waals surface area contributed by atoms with Gasteiger partial charge in [0.25, 0.3) is 5.91 Å². The molecule has 24 heavy (non-hydrogen) atoms. The van der Waals surface area contributed by atoms with Crippen LogP contribution in [0, 0.1) is 26.7 Å². The first-order chi connectivity index (χ1) is 11.5. The van der Waals surface area contributed by atoms with Crippen LogP contribution in [0.4, 0.5) is 0 Å². The Morgan fingerprint density at radius 2 is 1.96 bits per heavy atom. The number of amides is 1. The molecule has 1 amide bonds. The Bertz CT molecular complexity index is 724. The highest BCUT2D eigenvalue weighted by Crippen LogP contribution is 2.29. The molecule has 0 radical (unpaired) electrons. The van der Waals surface area contributed by atoms with Crippen LogP contribution in [0.5, 0.6) is 0 Å². The second kappa shape index (κ2) is 7.04. The molecular formula is C16H21N5O3. The number of nitrogens with zero attached hydrogens (tertiary/aromatic N) is 4. The Labute approximate surface area is 140 Å². The van der Waals surface area contributed by atoms with Crippen LogP contribution in [-0.2, 0) is 4.74 Å². The monoisotopic (exact) mass is 331 g/mol. The minimum absolute atomic E-state index is 0.189. The molecule has 1 N–H and O–H groups in total. The van der Waals surface area contributed by atoms with E-state index in [0.717, 1.165) is 12.8 Å². The van der Waals surface area contributed by atoms with Gasteiger partial charge in [0.05, 0.1) is 11.3 Å². The molecule has 128 valence electrons. The van der Waals surface area contributed by atoms with Gasteiger partial charge in [-0.3, -0.25) is 4.79 Å². The third kappa shape index (κ3) is 3.59. The van der Waals surface area contributed by atoms with Crippen LogP contribution in [0.3, 0.4) is 0 Å². The van der Waals surface area contributed by atoms with Crippen molar-refractivity contribution in [3.63, 3.8) is 0 Å². The van der Waals surface area contributed by atoms with Gasteiger partial charge in [-0.05, 0) is 39.5 Å². The maximum Gasteiger partial charge on any atom is 0.255 e. The van der Waals surface area contributed by atoms with E-state index in [1.807, 2.05) is 0 Å². The fourth-order valence-corrected chi connectivity index (χ4v) is 2.89. The number of aromatic nitrogens is 4. The summed E-state index contributed by atoms with van der Waals surface area (Å²) < 4.78 is 10.7. The van der Waals surface area contributed by atoms with Gasteiger partial charge >= 0.3 is 0 Å². The summed E-state index contributed by atoms with van der Waals surface area (Å²) in [6, 6.07) is -0.344. The second-order valence-electron chi connectivity index (χ2n) is 6.00. The summed E-state index contributed by atoms with van der Waals surface area (Å²) in [4.78, 5) is 25.4. The van der Waals surface area contributed by atoms with Crippen molar-refractivity contribution in [2.75, 3.05) is 13.2 Å². The molecule has 0 aliphatic carbocycles. The summed E-state index contributed by atoms with van der Waals surface area (Å²) in [7, 11) is 0. The molecular weight excluding hydrogens is 310 g/mol. The average molecular weight is 331 g/mol. The van der Waals surface area contributed by atoms with Crippen LogP contribution in [0.15, 0.2) is 10.7 Å². The highest BCUT2D eigenvalue weighted by Gasteiger charge is 2.31. The summed E-state index contributed by atoms with van der Waals surface area (Å²) in [6.07, 6.45) is 3.21. The molecule has 8 nitrogen and oxygen atoms in total. The number of rotatable bonds is 4. The fraction of sp³-hybridized carbons (Fsp3) is 0.562. The van der Waals surface area contributed by atoms with E-state index in [-0.39, 0.29) is 17.9 Å². The van der Waals surface area contributed by atoms with E-state index in [0.29, 0.717) is 42.0 Å². The molecule has 1 fully saturated rings. The number of nitrogens with one attached hydrogen (secondary N) is 1. The Hall–Kier alpha value is -2.35. The molecule has 3 rings (SSSR count). The minimum Gasteiger partial charge on any atom is -0.381 e. The van der Waals surface area contributed by atoms with Crippen molar-refractivity contribution in [3.05, 3.63) is 35.0 Å². The van der Waals surface area contributed by atoms with Gasteiger partial charge in [0.15, 0.2) is 5.82 Å². The number of hydrogen-bond donors (Lipinski definition) is 1. The lowest BCUT2D eigenvalue weighted by Crippen LogP contribution is -2.36. The van der Waals surface area contributed by atoms with E-state index < -0.39 is 0 Å². The SMILES string of the molecule is Cc1noc(C(NC(=O)c2cnc(C)nc2C)C2CCOCC2)n1. The Kier molecular flexibility index (Phi) is 4.84. The average Bonchev–Trinajstić information content (AvgIpc) is 2.99. The molecule has 0 aromatic carbocycles. The second-order valence-corrected chi connectivity index (χ2v) is 6.00. The normalized spacial score (nSPS) is 16.8. The predicted molar refractivity (Wildman–Crippen MR) is 84.3 cm³/mol. The molecule has 1 unspecified atom stereocenters. The van der Waals surface area contributed by atoms with E-state index in [4.69, 9.17) is 9.26 Å². The van der Waals surface area contributed by atoms with Crippen LogP contribution < -0.4 is 5.32 Å². The largest absolute Gasteiger partial charge is 0.381 e. The van der Waals surface area contributed by atoms with Crippen LogP contribution in [0.25, 0.3) is 0 Å². The third-order valence-corrected chi connectivity index (χ3v) is 4.18. The van der Waals surface area contributed by atoms with Gasteiger partial charge in [-0.25, -0.2) is 9.97 Å². The lowest BCUT2D eigenvalue weighted by Gasteiger charge is -2.28. The maximum atomic E-state index is 12.7. The predicted octanol–water partition coefficient (Wildman–Crippen LogP) is 1.68. The van der Waals surface area contributed by atoms with Crippen LogP contribution in [-0.4, -0.2) is 39.2 Å². The summed E-state index contributed by atoms with van der Waals surface area (Å²) >= 11 is 0. The molecule has 1 aliphatic rings. The zero-order valence-electron chi connectivity index (χ0n) is 14.1. The minimum atomic E-state index is -0.344. The zero-order valence-corrected chi connectivity index (χ0v) is 14.1. The van der Waals surface area contributed by atoms with E-state index in [2.05, 4.69) is 25.4 Å². The molecule has 1 saturated heterocycles. The van der Waals surface area contributed by atoms with Crippen LogP contribution in [0.1, 0.15) is 52.5 Å². The van der Waals surface area contributed by atoms with E-state index in [1.54, 1.807) is 27.0 Å². The zero-order chi connectivity index (χ0) is 17.1. The summed E-state index contributed by atoms with van der Waals surface area (Å²) in [5.74, 6) is 1.57. The molecule has 1 aliphatic heterocycles. The number of hydrogen-bond acceptors (Lipinski definition) is 7. The van der Waals surface area contributed by atoms with Crippen molar-refractivity contribution in [1.29, 1.82) is 0 Å². The molecule has 0 spiro atoms. The number of carbonyl (C=O) groups excluding carboxylic acids is 1. The van der Waals surface area contributed by atoms with Gasteiger partial charge < -0.3 is 14.6 Å². The summed E-state index contributed by atoms with van der Waals surface area (Å²) in [5, 5.41) is 6.87. The number of ether oxygens (including phenoxy) is 1. The van der Waals surface area contributed by atoms with Gasteiger partial charge in [0, 0.05) is 19.4 Å². The molecule has 2 aromatic heterocycles. The van der Waals surface area contributed by atoms with Crippen molar-refractivity contribution in [3.8, 4) is 0 Å². The van der Waals surface area contributed by atoms with E-state index in [1.165, 1.54) is 0 Å². The van der Waals surface area contributed by atoms with E-state index >= 15 is 0 Å². The maximum absolute atomic E-state index is 12.7. The van der Waals surface area contributed by atoms with Crippen molar-refractivity contribution in [2.24, 2.45) is 5.92 Å². The summed E-state index contributed by atoms with van der Waals surface area (Å²) in [6.45, 7) is 6.67. The topological polar surface area (TPSA) is 103 Å².